The number of hydrogen-bond donors (Lipinski definition) is 0. The molecule has 3 nitrogen and oxygen atoms in total. The van der Waals surface area contributed by atoms with Gasteiger partial charge in [0.1, 0.15) is 11.2 Å². The lowest BCUT2D eigenvalue weighted by molar-refractivity contribution is -0.159. The molecule has 0 aliphatic heterocycles. The van der Waals surface area contributed by atoms with E-state index in [2.05, 4.69) is 30.4 Å². The lowest BCUT2D eigenvalue weighted by Gasteiger charge is -2.23. The molecule has 1 aromatic rings. The molecular formula is C19H20O3. The van der Waals surface area contributed by atoms with Crippen LogP contribution >= 0.6 is 0 Å². The summed E-state index contributed by atoms with van der Waals surface area (Å²) < 4.78 is 5.17. The first-order valence-electron chi connectivity index (χ1n) is 7.72. The predicted octanol–water partition coefficient (Wildman–Crippen LogP) is 3.13. The van der Waals surface area contributed by atoms with E-state index < -0.39 is 5.41 Å². The first-order chi connectivity index (χ1) is 10.6. The zero-order chi connectivity index (χ0) is 15.7. The standard InChI is InChI=1S/C19H20O3/c1-3-22-18(21)19(13(2)20)11-16-9-8-15(10-17(16)12-19)14-6-4-5-7-14/h4-10,14H,3,11-12H2,1-2H3. The molecule has 0 radical (unpaired) electrons. The van der Waals surface area contributed by atoms with Gasteiger partial charge >= 0.3 is 5.97 Å². The third kappa shape index (κ3) is 2.31. The van der Waals surface area contributed by atoms with Crippen LogP contribution in [0.4, 0.5) is 0 Å². The minimum atomic E-state index is -1.03. The van der Waals surface area contributed by atoms with E-state index in [1.807, 2.05) is 12.2 Å². The number of fused-ring (bicyclic) bond motifs is 1. The van der Waals surface area contributed by atoms with Gasteiger partial charge in [0.05, 0.1) is 6.61 Å². The maximum absolute atomic E-state index is 12.4. The summed E-state index contributed by atoms with van der Waals surface area (Å²) in [6.45, 7) is 3.56. The number of esters is 1. The highest BCUT2D eigenvalue weighted by Crippen LogP contribution is 2.40. The Morgan fingerprint density at radius 2 is 1.86 bits per heavy atom. The van der Waals surface area contributed by atoms with Crippen molar-refractivity contribution in [2.45, 2.75) is 32.6 Å². The van der Waals surface area contributed by atoms with E-state index in [9.17, 15) is 9.59 Å². The first-order valence-corrected chi connectivity index (χ1v) is 7.72. The molecule has 3 rings (SSSR count). The first kappa shape index (κ1) is 14.8. The van der Waals surface area contributed by atoms with E-state index in [-0.39, 0.29) is 11.8 Å². The van der Waals surface area contributed by atoms with Crippen LogP contribution in [0, 0.1) is 5.41 Å². The Morgan fingerprint density at radius 1 is 1.18 bits per heavy atom. The van der Waals surface area contributed by atoms with Gasteiger partial charge in [-0.1, -0.05) is 42.5 Å². The Balaban J connectivity index is 1.93. The predicted molar refractivity (Wildman–Crippen MR) is 84.6 cm³/mol. The molecular weight excluding hydrogens is 276 g/mol. The molecule has 2 aliphatic carbocycles. The number of carbonyl (C=O) groups excluding carboxylic acids is 2. The Bertz CT molecular complexity index is 672. The van der Waals surface area contributed by atoms with Crippen molar-refractivity contribution in [1.29, 1.82) is 0 Å². The monoisotopic (exact) mass is 296 g/mol. The quantitative estimate of drug-likeness (QED) is 0.633. The van der Waals surface area contributed by atoms with Crippen molar-refractivity contribution >= 4 is 11.8 Å². The summed E-state index contributed by atoms with van der Waals surface area (Å²) in [5.74, 6) is -0.203. The number of ether oxygens (including phenoxy) is 1. The van der Waals surface area contributed by atoms with Crippen molar-refractivity contribution in [2.24, 2.45) is 5.41 Å². The second kappa shape index (κ2) is 5.56. The van der Waals surface area contributed by atoms with Crippen LogP contribution in [0.3, 0.4) is 0 Å². The Hall–Kier alpha value is -2.16. The van der Waals surface area contributed by atoms with Gasteiger partial charge in [0.25, 0.3) is 0 Å². The summed E-state index contributed by atoms with van der Waals surface area (Å²) in [7, 11) is 0. The van der Waals surface area contributed by atoms with Gasteiger partial charge in [0, 0.05) is 5.92 Å². The van der Waals surface area contributed by atoms with Gasteiger partial charge in [-0.05, 0) is 43.4 Å². The summed E-state index contributed by atoms with van der Waals surface area (Å²) >= 11 is 0. The molecule has 0 saturated carbocycles. The van der Waals surface area contributed by atoms with E-state index in [1.165, 1.54) is 12.5 Å². The lowest BCUT2D eigenvalue weighted by atomic mass is 9.81. The molecule has 1 atom stereocenters. The second-order valence-electron chi connectivity index (χ2n) is 6.04. The molecule has 22 heavy (non-hydrogen) atoms. The van der Waals surface area contributed by atoms with Gasteiger partial charge in [0.15, 0.2) is 0 Å². The van der Waals surface area contributed by atoms with Crippen LogP contribution in [0.25, 0.3) is 0 Å². The zero-order valence-electron chi connectivity index (χ0n) is 13.0. The molecule has 114 valence electrons. The van der Waals surface area contributed by atoms with E-state index in [0.717, 1.165) is 11.1 Å². The number of ketones is 1. The SMILES string of the molecule is CCOC(=O)C1(C(C)=O)Cc2ccc(C3C=CC=C3)cc2C1. The fraction of sp³-hybridized carbons (Fsp3) is 0.368. The molecule has 0 bridgehead atoms. The van der Waals surface area contributed by atoms with E-state index in [1.54, 1.807) is 6.92 Å². The summed E-state index contributed by atoms with van der Waals surface area (Å²) in [4.78, 5) is 24.5. The third-order valence-electron chi connectivity index (χ3n) is 4.69. The van der Waals surface area contributed by atoms with Gasteiger partial charge < -0.3 is 4.74 Å². The summed E-state index contributed by atoms with van der Waals surface area (Å²) in [6, 6.07) is 6.27. The van der Waals surface area contributed by atoms with Crippen LogP contribution in [-0.2, 0) is 27.2 Å². The molecule has 0 amide bonds. The topological polar surface area (TPSA) is 43.4 Å². The average molecular weight is 296 g/mol. The van der Waals surface area contributed by atoms with Crippen LogP contribution in [0.15, 0.2) is 42.5 Å². The van der Waals surface area contributed by atoms with Crippen molar-refractivity contribution in [1.82, 2.24) is 0 Å². The van der Waals surface area contributed by atoms with Crippen molar-refractivity contribution in [3.05, 3.63) is 59.2 Å². The van der Waals surface area contributed by atoms with Gasteiger partial charge in [-0.25, -0.2) is 0 Å². The van der Waals surface area contributed by atoms with E-state index >= 15 is 0 Å². The molecule has 0 heterocycles. The van der Waals surface area contributed by atoms with Crippen molar-refractivity contribution in [2.75, 3.05) is 6.61 Å². The summed E-state index contributed by atoms with van der Waals surface area (Å²) in [5, 5.41) is 0. The van der Waals surface area contributed by atoms with Gasteiger partial charge in [-0.15, -0.1) is 0 Å². The molecule has 1 unspecified atom stereocenters. The molecule has 0 aromatic heterocycles. The number of rotatable bonds is 4. The molecule has 0 saturated heterocycles. The van der Waals surface area contributed by atoms with Crippen LogP contribution in [-0.4, -0.2) is 18.4 Å². The fourth-order valence-electron chi connectivity index (χ4n) is 3.36. The molecule has 1 aromatic carbocycles. The van der Waals surface area contributed by atoms with Gasteiger partial charge in [-0.2, -0.15) is 0 Å². The van der Waals surface area contributed by atoms with Gasteiger partial charge in [-0.3, -0.25) is 9.59 Å². The summed E-state index contributed by atoms with van der Waals surface area (Å²) in [5.41, 5.74) is 2.34. The van der Waals surface area contributed by atoms with Crippen LogP contribution in [0.5, 0.6) is 0 Å². The molecule has 2 aliphatic rings. The maximum atomic E-state index is 12.4. The minimum absolute atomic E-state index is 0.107. The minimum Gasteiger partial charge on any atom is -0.465 e. The Kier molecular flexibility index (Phi) is 3.73. The smallest absolute Gasteiger partial charge is 0.320 e. The average Bonchev–Trinajstić information content (AvgIpc) is 3.14. The Labute approximate surface area is 130 Å². The Morgan fingerprint density at radius 3 is 2.50 bits per heavy atom. The molecule has 0 spiro atoms. The molecule has 3 heteroatoms. The maximum Gasteiger partial charge on any atom is 0.320 e. The van der Waals surface area contributed by atoms with Crippen LogP contribution in [0.1, 0.15) is 36.5 Å². The number of benzene rings is 1. The summed E-state index contributed by atoms with van der Waals surface area (Å²) in [6.07, 6.45) is 9.25. The van der Waals surface area contributed by atoms with Crippen molar-refractivity contribution < 1.29 is 14.3 Å². The molecule has 0 fully saturated rings. The van der Waals surface area contributed by atoms with Crippen molar-refractivity contribution in [3.8, 4) is 0 Å². The van der Waals surface area contributed by atoms with Crippen molar-refractivity contribution in [3.63, 3.8) is 0 Å². The normalized spacial score (nSPS) is 22.8. The highest BCUT2D eigenvalue weighted by molar-refractivity contribution is 6.04. The van der Waals surface area contributed by atoms with E-state index in [0.29, 0.717) is 25.4 Å². The van der Waals surface area contributed by atoms with Gasteiger partial charge in [0.2, 0.25) is 0 Å². The lowest BCUT2D eigenvalue weighted by Crippen LogP contribution is -2.40. The second-order valence-corrected chi connectivity index (χ2v) is 6.04. The van der Waals surface area contributed by atoms with Crippen LogP contribution < -0.4 is 0 Å². The number of carbonyl (C=O) groups is 2. The molecule has 0 N–H and O–H groups in total. The van der Waals surface area contributed by atoms with E-state index in [4.69, 9.17) is 4.74 Å². The third-order valence-corrected chi connectivity index (χ3v) is 4.69. The number of allylic oxidation sites excluding steroid dienone is 4. The fourth-order valence-corrected chi connectivity index (χ4v) is 3.36. The highest BCUT2D eigenvalue weighted by atomic mass is 16.5. The highest BCUT2D eigenvalue weighted by Gasteiger charge is 2.49. The van der Waals surface area contributed by atoms with Crippen LogP contribution in [0.2, 0.25) is 0 Å². The number of hydrogen-bond acceptors (Lipinski definition) is 3. The largest absolute Gasteiger partial charge is 0.465 e. The zero-order valence-corrected chi connectivity index (χ0v) is 13.0. The number of Topliss-reactive ketones (excluding diaryl/α,β-unsaturated/α-hetero) is 1.